The summed E-state index contributed by atoms with van der Waals surface area (Å²) in [6, 6.07) is 3.93. The fourth-order valence-electron chi connectivity index (χ4n) is 1.82. The number of hydrogen-bond donors (Lipinski definition) is 1. The van der Waals surface area contributed by atoms with Crippen LogP contribution in [0.2, 0.25) is 0 Å². The van der Waals surface area contributed by atoms with Crippen LogP contribution in [0, 0.1) is 13.8 Å². The Morgan fingerprint density at radius 2 is 1.89 bits per heavy atom. The van der Waals surface area contributed by atoms with Crippen LogP contribution in [-0.2, 0) is 4.74 Å². The molecule has 0 radical (unpaired) electrons. The summed E-state index contributed by atoms with van der Waals surface area (Å²) in [5.74, 6) is 0.915. The summed E-state index contributed by atoms with van der Waals surface area (Å²) in [5, 5.41) is 0. The van der Waals surface area contributed by atoms with E-state index in [1.54, 1.807) is 7.11 Å². The van der Waals surface area contributed by atoms with Gasteiger partial charge in [0.15, 0.2) is 0 Å². The highest BCUT2D eigenvalue weighted by Gasteiger charge is 2.11. The molecule has 4 heteroatoms. The van der Waals surface area contributed by atoms with Crippen molar-refractivity contribution in [1.29, 1.82) is 0 Å². The molecule has 0 aliphatic heterocycles. The molecule has 1 aromatic rings. The molecule has 0 saturated carbocycles. The van der Waals surface area contributed by atoms with Crippen LogP contribution < -0.4 is 10.5 Å². The number of hydrogen-bond acceptors (Lipinski definition) is 3. The van der Waals surface area contributed by atoms with E-state index >= 15 is 0 Å². The molecule has 3 nitrogen and oxygen atoms in total. The van der Waals surface area contributed by atoms with E-state index in [0.29, 0.717) is 11.6 Å². The first-order chi connectivity index (χ1) is 8.45. The van der Waals surface area contributed by atoms with Crippen molar-refractivity contribution in [2.75, 3.05) is 13.7 Å². The lowest BCUT2D eigenvalue weighted by atomic mass is 10.1. The van der Waals surface area contributed by atoms with Gasteiger partial charge in [-0.05, 0) is 44.0 Å². The molecule has 0 spiro atoms. The van der Waals surface area contributed by atoms with Crippen molar-refractivity contribution in [3.63, 3.8) is 0 Å². The van der Waals surface area contributed by atoms with Gasteiger partial charge in [-0.2, -0.15) is 0 Å². The molecule has 100 valence electrons. The van der Waals surface area contributed by atoms with Crippen LogP contribution in [0.1, 0.15) is 30.0 Å². The second kappa shape index (κ2) is 6.71. The Balaban J connectivity index is 2.86. The minimum absolute atomic E-state index is 0.123. The number of thiocarbonyl (C=S) groups is 1. The number of rotatable bonds is 6. The number of ether oxygens (including phenoxy) is 2. The lowest BCUT2D eigenvalue weighted by Crippen LogP contribution is -2.16. The van der Waals surface area contributed by atoms with Crippen LogP contribution in [0.4, 0.5) is 0 Å². The van der Waals surface area contributed by atoms with Gasteiger partial charge in [-0.15, -0.1) is 0 Å². The van der Waals surface area contributed by atoms with E-state index in [1.165, 1.54) is 0 Å². The van der Waals surface area contributed by atoms with Gasteiger partial charge >= 0.3 is 0 Å². The van der Waals surface area contributed by atoms with Gasteiger partial charge in [-0.25, -0.2) is 0 Å². The summed E-state index contributed by atoms with van der Waals surface area (Å²) in [5.41, 5.74) is 8.64. The molecule has 0 amide bonds. The Labute approximate surface area is 114 Å². The Bertz CT molecular complexity index is 409. The van der Waals surface area contributed by atoms with Crippen LogP contribution in [0.25, 0.3) is 0 Å². The van der Waals surface area contributed by atoms with Gasteiger partial charge in [-0.1, -0.05) is 12.2 Å². The molecular formula is C14H21NO2S. The second-order valence-corrected chi connectivity index (χ2v) is 4.95. The molecule has 2 N–H and O–H groups in total. The monoisotopic (exact) mass is 267 g/mol. The first-order valence-electron chi connectivity index (χ1n) is 6.02. The molecule has 1 unspecified atom stereocenters. The first-order valence-corrected chi connectivity index (χ1v) is 6.43. The first kappa shape index (κ1) is 14.9. The van der Waals surface area contributed by atoms with Gasteiger partial charge < -0.3 is 15.2 Å². The predicted octanol–water partition coefficient (Wildman–Crippen LogP) is 2.74. The van der Waals surface area contributed by atoms with E-state index in [0.717, 1.165) is 28.9 Å². The maximum atomic E-state index is 5.95. The van der Waals surface area contributed by atoms with Crippen molar-refractivity contribution in [3.8, 4) is 5.75 Å². The summed E-state index contributed by atoms with van der Waals surface area (Å²) in [6.07, 6.45) is 0.991. The summed E-state index contributed by atoms with van der Waals surface area (Å²) in [7, 11) is 1.69. The zero-order chi connectivity index (χ0) is 13.7. The van der Waals surface area contributed by atoms with Gasteiger partial charge in [0.05, 0.1) is 6.10 Å². The Morgan fingerprint density at radius 3 is 2.33 bits per heavy atom. The van der Waals surface area contributed by atoms with E-state index in [4.69, 9.17) is 27.4 Å². The molecular weight excluding hydrogens is 246 g/mol. The molecule has 0 fully saturated rings. The van der Waals surface area contributed by atoms with Crippen LogP contribution in [0.15, 0.2) is 12.1 Å². The van der Waals surface area contributed by atoms with E-state index in [2.05, 4.69) is 0 Å². The molecule has 18 heavy (non-hydrogen) atoms. The minimum Gasteiger partial charge on any atom is -0.490 e. The van der Waals surface area contributed by atoms with Gasteiger partial charge in [0.1, 0.15) is 10.7 Å². The average molecular weight is 267 g/mol. The lowest BCUT2D eigenvalue weighted by Gasteiger charge is -2.19. The minimum atomic E-state index is 0.123. The van der Waals surface area contributed by atoms with E-state index in [-0.39, 0.29) is 6.10 Å². The van der Waals surface area contributed by atoms with Crippen molar-refractivity contribution < 1.29 is 9.47 Å². The Morgan fingerprint density at radius 1 is 1.33 bits per heavy atom. The third-order valence-electron chi connectivity index (χ3n) is 2.79. The maximum Gasteiger partial charge on any atom is 0.125 e. The van der Waals surface area contributed by atoms with Crippen LogP contribution in [0.3, 0.4) is 0 Å². The molecule has 1 aromatic carbocycles. The zero-order valence-corrected chi connectivity index (χ0v) is 12.3. The fourth-order valence-corrected chi connectivity index (χ4v) is 1.94. The number of nitrogens with two attached hydrogens (primary N) is 1. The SMILES string of the molecule is COCCC(C)Oc1c(C)cc(C(N)=S)cc1C. The summed E-state index contributed by atoms with van der Waals surface area (Å²) in [4.78, 5) is 0.417. The van der Waals surface area contributed by atoms with Crippen molar-refractivity contribution in [1.82, 2.24) is 0 Å². The second-order valence-electron chi connectivity index (χ2n) is 4.51. The maximum absolute atomic E-state index is 5.95. The highest BCUT2D eigenvalue weighted by atomic mass is 32.1. The number of methoxy groups -OCH3 is 1. The van der Waals surface area contributed by atoms with Gasteiger partial charge in [0, 0.05) is 25.7 Å². The highest BCUT2D eigenvalue weighted by Crippen LogP contribution is 2.26. The van der Waals surface area contributed by atoms with Crippen LogP contribution in [-0.4, -0.2) is 24.8 Å². The lowest BCUT2D eigenvalue weighted by molar-refractivity contribution is 0.134. The molecule has 1 atom stereocenters. The molecule has 0 aliphatic rings. The average Bonchev–Trinajstić information content (AvgIpc) is 2.30. The predicted molar refractivity (Wildman–Crippen MR) is 78.4 cm³/mol. The van der Waals surface area contributed by atoms with E-state index in [9.17, 15) is 0 Å². The number of aryl methyl sites for hydroxylation is 2. The van der Waals surface area contributed by atoms with E-state index in [1.807, 2.05) is 32.9 Å². The standard InChI is InChI=1S/C14H21NO2S/c1-9-7-12(14(15)18)8-10(2)13(9)17-11(3)5-6-16-4/h7-8,11H,5-6H2,1-4H3,(H2,15,18). The third-order valence-corrected chi connectivity index (χ3v) is 3.03. The summed E-state index contributed by atoms with van der Waals surface area (Å²) >= 11 is 4.99. The number of benzene rings is 1. The van der Waals surface area contributed by atoms with Gasteiger partial charge in [0.25, 0.3) is 0 Å². The Kier molecular flexibility index (Phi) is 5.56. The quantitative estimate of drug-likeness (QED) is 0.805. The van der Waals surface area contributed by atoms with E-state index < -0.39 is 0 Å². The molecule has 0 aromatic heterocycles. The van der Waals surface area contributed by atoms with Crippen molar-refractivity contribution >= 4 is 17.2 Å². The normalized spacial score (nSPS) is 12.2. The van der Waals surface area contributed by atoms with Gasteiger partial charge in [0.2, 0.25) is 0 Å². The zero-order valence-electron chi connectivity index (χ0n) is 11.4. The molecule has 0 bridgehead atoms. The van der Waals surface area contributed by atoms with Crippen molar-refractivity contribution in [3.05, 3.63) is 28.8 Å². The fraction of sp³-hybridized carbons (Fsp3) is 0.500. The van der Waals surface area contributed by atoms with Crippen molar-refractivity contribution in [2.45, 2.75) is 33.3 Å². The molecule has 0 aliphatic carbocycles. The molecule has 0 saturated heterocycles. The van der Waals surface area contributed by atoms with Gasteiger partial charge in [-0.3, -0.25) is 0 Å². The third kappa shape index (κ3) is 3.96. The smallest absolute Gasteiger partial charge is 0.125 e. The molecule has 1 rings (SSSR count). The Hall–Kier alpha value is -1.13. The largest absolute Gasteiger partial charge is 0.490 e. The molecule has 0 heterocycles. The topological polar surface area (TPSA) is 44.5 Å². The van der Waals surface area contributed by atoms with Crippen molar-refractivity contribution in [2.24, 2.45) is 5.73 Å². The van der Waals surface area contributed by atoms with Crippen LogP contribution in [0.5, 0.6) is 5.75 Å². The summed E-state index contributed by atoms with van der Waals surface area (Å²) in [6.45, 7) is 6.75. The van der Waals surface area contributed by atoms with Crippen LogP contribution >= 0.6 is 12.2 Å². The summed E-state index contributed by atoms with van der Waals surface area (Å²) < 4.78 is 11.0. The highest BCUT2D eigenvalue weighted by molar-refractivity contribution is 7.80.